The number of aryl methyl sites for hydroxylation is 1. The molecule has 3 heteroatoms. The van der Waals surface area contributed by atoms with E-state index in [-0.39, 0.29) is 24.5 Å². The van der Waals surface area contributed by atoms with Gasteiger partial charge in [0.2, 0.25) is 0 Å². The van der Waals surface area contributed by atoms with Crippen molar-refractivity contribution in [3.8, 4) is 0 Å². The first kappa shape index (κ1) is 13.6. The standard InChI is InChI=1S/C13H19NO.V/c1-7-6-11-12(14(7)5)9(3)8(2)10(4)13(11)15;/h6,8-10H,1-5H3;. The molecule has 1 aromatic rings. The molecule has 0 N–H and O–H groups in total. The quantitative estimate of drug-likeness (QED) is 0.699. The maximum Gasteiger partial charge on any atom is 0.167 e. The van der Waals surface area contributed by atoms with Crippen molar-refractivity contribution in [2.75, 3.05) is 0 Å². The van der Waals surface area contributed by atoms with Gasteiger partial charge in [0.25, 0.3) is 0 Å². The van der Waals surface area contributed by atoms with E-state index in [9.17, 15) is 4.79 Å². The summed E-state index contributed by atoms with van der Waals surface area (Å²) in [6, 6.07) is 2.04. The maximum atomic E-state index is 12.1. The van der Waals surface area contributed by atoms with E-state index in [1.807, 2.05) is 6.07 Å². The molecule has 0 amide bonds. The molecule has 0 bridgehead atoms. The van der Waals surface area contributed by atoms with Gasteiger partial charge in [-0.1, -0.05) is 20.8 Å². The van der Waals surface area contributed by atoms with Crippen LogP contribution in [0.3, 0.4) is 0 Å². The van der Waals surface area contributed by atoms with Gasteiger partial charge in [-0.15, -0.1) is 0 Å². The fourth-order valence-electron chi connectivity index (χ4n) is 2.66. The van der Waals surface area contributed by atoms with Crippen LogP contribution >= 0.6 is 0 Å². The van der Waals surface area contributed by atoms with Gasteiger partial charge in [0.15, 0.2) is 5.78 Å². The number of aromatic nitrogens is 1. The Morgan fingerprint density at radius 3 is 2.31 bits per heavy atom. The Balaban J connectivity index is 0.00000128. The fourth-order valence-corrected chi connectivity index (χ4v) is 2.66. The van der Waals surface area contributed by atoms with E-state index in [2.05, 4.69) is 39.3 Å². The van der Waals surface area contributed by atoms with Crippen molar-refractivity contribution in [3.63, 3.8) is 0 Å². The molecule has 0 aromatic carbocycles. The minimum atomic E-state index is 0. The Bertz CT molecular complexity index is 422. The zero-order valence-corrected chi connectivity index (χ0v) is 12.0. The maximum absolute atomic E-state index is 12.1. The molecule has 2 rings (SSSR count). The topological polar surface area (TPSA) is 22.0 Å². The molecule has 2 nitrogen and oxygen atoms in total. The van der Waals surface area contributed by atoms with Crippen molar-refractivity contribution in [1.82, 2.24) is 4.57 Å². The summed E-state index contributed by atoms with van der Waals surface area (Å²) in [6.07, 6.45) is 0. The Morgan fingerprint density at radius 1 is 1.19 bits per heavy atom. The number of fused-ring (bicyclic) bond motifs is 1. The van der Waals surface area contributed by atoms with Crippen LogP contribution in [0.25, 0.3) is 0 Å². The van der Waals surface area contributed by atoms with Gasteiger partial charge in [-0.25, -0.2) is 0 Å². The van der Waals surface area contributed by atoms with E-state index in [0.717, 1.165) is 5.56 Å². The third kappa shape index (κ3) is 1.68. The number of hydrogen-bond acceptors (Lipinski definition) is 1. The van der Waals surface area contributed by atoms with Crippen LogP contribution in [0.5, 0.6) is 0 Å². The molecule has 0 saturated carbocycles. The molecule has 1 aromatic heterocycles. The predicted molar refractivity (Wildman–Crippen MR) is 61.2 cm³/mol. The SMILES string of the molecule is Cc1cc2c(n1C)C(C)C(C)C(C)C2=O.[V]. The first-order chi connectivity index (χ1) is 6.95. The van der Waals surface area contributed by atoms with E-state index < -0.39 is 0 Å². The van der Waals surface area contributed by atoms with E-state index in [0.29, 0.717) is 17.6 Å². The molecule has 1 heterocycles. The Morgan fingerprint density at radius 2 is 1.75 bits per heavy atom. The largest absolute Gasteiger partial charge is 0.351 e. The average Bonchev–Trinajstić information content (AvgIpc) is 2.50. The van der Waals surface area contributed by atoms with Crippen molar-refractivity contribution >= 4 is 5.78 Å². The molecule has 87 valence electrons. The summed E-state index contributed by atoms with van der Waals surface area (Å²) in [5.41, 5.74) is 3.36. The summed E-state index contributed by atoms with van der Waals surface area (Å²) < 4.78 is 2.17. The van der Waals surface area contributed by atoms with Gasteiger partial charge < -0.3 is 4.57 Å². The van der Waals surface area contributed by atoms with E-state index >= 15 is 0 Å². The van der Waals surface area contributed by atoms with Gasteiger partial charge in [-0.05, 0) is 18.9 Å². The molecule has 1 radical (unpaired) electrons. The van der Waals surface area contributed by atoms with Crippen molar-refractivity contribution < 1.29 is 23.4 Å². The third-order valence-corrected chi connectivity index (χ3v) is 4.21. The number of ketones is 1. The van der Waals surface area contributed by atoms with E-state index in [1.165, 1.54) is 11.4 Å². The van der Waals surface area contributed by atoms with Crippen LogP contribution in [0, 0.1) is 18.8 Å². The molecule has 0 fully saturated rings. The number of rotatable bonds is 0. The molecule has 1 aliphatic carbocycles. The third-order valence-electron chi connectivity index (χ3n) is 4.21. The molecular formula is C13H19NOV. The van der Waals surface area contributed by atoms with Crippen LogP contribution in [-0.4, -0.2) is 10.4 Å². The second-order valence-electron chi connectivity index (χ2n) is 4.94. The summed E-state index contributed by atoms with van der Waals surface area (Å²) >= 11 is 0. The second-order valence-corrected chi connectivity index (χ2v) is 4.94. The fraction of sp³-hybridized carbons (Fsp3) is 0.615. The second kappa shape index (κ2) is 4.42. The molecule has 0 saturated heterocycles. The smallest absolute Gasteiger partial charge is 0.167 e. The number of Topliss-reactive ketones (excluding diaryl/α,β-unsaturated/α-hetero) is 1. The average molecular weight is 256 g/mol. The van der Waals surface area contributed by atoms with Crippen LogP contribution in [-0.2, 0) is 25.6 Å². The van der Waals surface area contributed by atoms with Crippen molar-refractivity contribution in [3.05, 3.63) is 23.0 Å². The van der Waals surface area contributed by atoms with Crippen molar-refractivity contribution in [2.45, 2.75) is 33.6 Å². The van der Waals surface area contributed by atoms with Gasteiger partial charge in [0, 0.05) is 54.4 Å². The van der Waals surface area contributed by atoms with Gasteiger partial charge in [-0.2, -0.15) is 0 Å². The van der Waals surface area contributed by atoms with Crippen LogP contribution in [0.2, 0.25) is 0 Å². The molecule has 3 unspecified atom stereocenters. The number of carbonyl (C=O) groups excluding carboxylic acids is 1. The minimum absolute atomic E-state index is 0. The summed E-state index contributed by atoms with van der Waals surface area (Å²) in [5, 5.41) is 0. The Labute approximate surface area is 109 Å². The molecule has 1 aliphatic rings. The number of nitrogens with zero attached hydrogens (tertiary/aromatic N) is 1. The van der Waals surface area contributed by atoms with Crippen LogP contribution in [0.1, 0.15) is 48.4 Å². The van der Waals surface area contributed by atoms with Gasteiger partial charge in [-0.3, -0.25) is 4.79 Å². The number of carbonyl (C=O) groups is 1. The molecule has 0 spiro atoms. The van der Waals surface area contributed by atoms with Gasteiger partial charge in [0.05, 0.1) is 0 Å². The zero-order chi connectivity index (χ0) is 11.3. The summed E-state index contributed by atoms with van der Waals surface area (Å²) in [6.45, 7) is 8.52. The van der Waals surface area contributed by atoms with Crippen molar-refractivity contribution in [2.24, 2.45) is 18.9 Å². The predicted octanol–water partition coefficient (Wildman–Crippen LogP) is 2.90. The van der Waals surface area contributed by atoms with Crippen LogP contribution < -0.4 is 0 Å². The minimum Gasteiger partial charge on any atom is -0.351 e. The zero-order valence-electron chi connectivity index (χ0n) is 10.6. The Kier molecular flexibility index (Phi) is 3.76. The molecule has 3 atom stereocenters. The summed E-state index contributed by atoms with van der Waals surface area (Å²) in [7, 11) is 2.06. The first-order valence-electron chi connectivity index (χ1n) is 5.65. The number of hydrogen-bond donors (Lipinski definition) is 0. The van der Waals surface area contributed by atoms with Crippen molar-refractivity contribution in [1.29, 1.82) is 0 Å². The summed E-state index contributed by atoms with van der Waals surface area (Å²) in [4.78, 5) is 12.1. The van der Waals surface area contributed by atoms with E-state index in [1.54, 1.807) is 0 Å². The monoisotopic (exact) mass is 256 g/mol. The molecular weight excluding hydrogens is 237 g/mol. The van der Waals surface area contributed by atoms with E-state index in [4.69, 9.17) is 0 Å². The Hall–Kier alpha value is -0.466. The van der Waals surface area contributed by atoms with Crippen LogP contribution in [0.15, 0.2) is 6.07 Å². The normalized spacial score (nSPS) is 28.6. The first-order valence-corrected chi connectivity index (χ1v) is 5.65. The van der Waals surface area contributed by atoms with Crippen LogP contribution in [0.4, 0.5) is 0 Å². The van der Waals surface area contributed by atoms with Gasteiger partial charge >= 0.3 is 0 Å². The summed E-state index contributed by atoms with van der Waals surface area (Å²) in [5.74, 6) is 1.40. The molecule has 16 heavy (non-hydrogen) atoms. The van der Waals surface area contributed by atoms with Gasteiger partial charge in [0.1, 0.15) is 0 Å². The molecule has 0 aliphatic heterocycles.